The number of phenolic OH excluding ortho intramolecular Hbond substituents is 2. The van der Waals surface area contributed by atoms with Gasteiger partial charge in [-0.25, -0.2) is 0 Å². The highest BCUT2D eigenvalue weighted by Gasteiger charge is 2.48. The van der Waals surface area contributed by atoms with Gasteiger partial charge < -0.3 is 24.8 Å². The zero-order valence-corrected chi connectivity index (χ0v) is 19.6. The predicted molar refractivity (Wildman–Crippen MR) is 130 cm³/mol. The van der Waals surface area contributed by atoms with E-state index in [1.165, 1.54) is 43.5 Å². The quantitative estimate of drug-likeness (QED) is 0.256. The lowest BCUT2D eigenvalue weighted by Crippen LogP contribution is -2.29. The van der Waals surface area contributed by atoms with Crippen molar-refractivity contribution >= 4 is 34.7 Å². The highest BCUT2D eigenvalue weighted by Crippen LogP contribution is 2.46. The molecule has 1 aliphatic rings. The minimum Gasteiger partial charge on any atom is -0.507 e. The van der Waals surface area contributed by atoms with E-state index in [0.717, 1.165) is 4.90 Å². The molecule has 3 N–H and O–H groups in total. The summed E-state index contributed by atoms with van der Waals surface area (Å²) in [6.45, 7) is 2.00. The molecule has 0 saturated carbocycles. The second-order valence-corrected chi connectivity index (χ2v) is 8.13. The molecule has 1 unspecified atom stereocenters. The number of methoxy groups -OCH3 is 1. The van der Waals surface area contributed by atoms with Gasteiger partial charge in [0.2, 0.25) is 0 Å². The lowest BCUT2D eigenvalue weighted by atomic mass is 9.94. The first-order valence-electron chi connectivity index (χ1n) is 10.7. The normalized spacial score (nSPS) is 17.0. The Bertz CT molecular complexity index is 1330. The van der Waals surface area contributed by atoms with E-state index >= 15 is 0 Å². The number of hydrogen-bond donors (Lipinski definition) is 3. The van der Waals surface area contributed by atoms with Gasteiger partial charge in [-0.1, -0.05) is 17.7 Å². The van der Waals surface area contributed by atoms with Crippen LogP contribution in [0.4, 0.5) is 5.69 Å². The van der Waals surface area contributed by atoms with Gasteiger partial charge >= 0.3 is 0 Å². The molecule has 1 fully saturated rings. The van der Waals surface area contributed by atoms with Gasteiger partial charge in [0.15, 0.2) is 11.5 Å². The van der Waals surface area contributed by atoms with Gasteiger partial charge in [-0.05, 0) is 67.1 Å². The number of Topliss-reactive ketones (excluding diaryl/α,β-unsaturated/α-hetero) is 1. The van der Waals surface area contributed by atoms with Crippen molar-refractivity contribution in [2.45, 2.75) is 13.0 Å². The van der Waals surface area contributed by atoms with Crippen LogP contribution >= 0.6 is 11.6 Å². The molecule has 0 aromatic heterocycles. The number of aromatic hydroxyl groups is 2. The minimum absolute atomic E-state index is 0.00980. The lowest BCUT2D eigenvalue weighted by molar-refractivity contribution is -0.132. The third-order valence-electron chi connectivity index (χ3n) is 5.60. The number of halogens is 1. The summed E-state index contributed by atoms with van der Waals surface area (Å²) in [4.78, 5) is 27.6. The maximum absolute atomic E-state index is 13.3. The summed E-state index contributed by atoms with van der Waals surface area (Å²) in [6, 6.07) is 13.6. The summed E-state index contributed by atoms with van der Waals surface area (Å²) in [5.41, 5.74) is 0.435. The molecule has 3 aromatic rings. The molecular formula is C26H22ClNO7. The summed E-state index contributed by atoms with van der Waals surface area (Å²) in [6.07, 6.45) is 0. The minimum atomic E-state index is -1.15. The van der Waals surface area contributed by atoms with Crippen molar-refractivity contribution in [2.75, 3.05) is 18.6 Å². The molecule has 0 radical (unpaired) electrons. The zero-order chi connectivity index (χ0) is 25.3. The molecule has 0 aliphatic carbocycles. The molecule has 3 aromatic carbocycles. The molecule has 180 valence electrons. The van der Waals surface area contributed by atoms with Crippen LogP contribution in [0.15, 0.2) is 66.2 Å². The van der Waals surface area contributed by atoms with Gasteiger partial charge in [0.1, 0.15) is 17.3 Å². The predicted octanol–water partition coefficient (Wildman–Crippen LogP) is 4.78. The van der Waals surface area contributed by atoms with Gasteiger partial charge in [-0.15, -0.1) is 0 Å². The van der Waals surface area contributed by atoms with Crippen molar-refractivity contribution in [3.63, 3.8) is 0 Å². The Kier molecular flexibility index (Phi) is 6.57. The number of amides is 1. The molecular weight excluding hydrogens is 474 g/mol. The number of carbonyl (C=O) groups excluding carboxylic acids is 2. The van der Waals surface area contributed by atoms with Crippen molar-refractivity contribution in [3.05, 3.63) is 82.4 Å². The maximum atomic E-state index is 13.3. The van der Waals surface area contributed by atoms with Crippen LogP contribution in [-0.2, 0) is 9.59 Å². The van der Waals surface area contributed by atoms with E-state index in [1.54, 1.807) is 31.2 Å². The Morgan fingerprint density at radius 1 is 1.00 bits per heavy atom. The Hall–Kier alpha value is -4.17. The Balaban J connectivity index is 1.97. The molecule has 1 amide bonds. The van der Waals surface area contributed by atoms with E-state index in [1.807, 2.05) is 0 Å². The second kappa shape index (κ2) is 9.60. The average molecular weight is 496 g/mol. The van der Waals surface area contributed by atoms with Crippen LogP contribution in [0.2, 0.25) is 5.02 Å². The number of aliphatic hydroxyl groups excluding tert-OH is 1. The van der Waals surface area contributed by atoms with E-state index in [0.29, 0.717) is 11.3 Å². The van der Waals surface area contributed by atoms with Crippen LogP contribution in [-0.4, -0.2) is 40.7 Å². The lowest BCUT2D eigenvalue weighted by Gasteiger charge is -2.26. The van der Waals surface area contributed by atoms with Crippen LogP contribution in [0.3, 0.4) is 0 Å². The molecule has 1 aliphatic heterocycles. The molecule has 1 atom stereocenters. The third-order valence-corrected chi connectivity index (χ3v) is 5.84. The molecule has 8 nitrogen and oxygen atoms in total. The molecule has 1 saturated heterocycles. The molecule has 1 heterocycles. The SMILES string of the molecule is CCOc1cc(C2/C(=C(\O)c3ccc(OC)cc3)C(=O)C(=O)N2c2cc(Cl)ccc2O)ccc1O. The average Bonchev–Trinajstić information content (AvgIpc) is 3.12. The summed E-state index contributed by atoms with van der Waals surface area (Å²) < 4.78 is 10.6. The maximum Gasteiger partial charge on any atom is 0.300 e. The number of phenols is 2. The third kappa shape index (κ3) is 4.36. The highest BCUT2D eigenvalue weighted by atomic mass is 35.5. The Morgan fingerprint density at radius 2 is 1.69 bits per heavy atom. The fourth-order valence-corrected chi connectivity index (χ4v) is 4.13. The van der Waals surface area contributed by atoms with E-state index in [-0.39, 0.29) is 45.7 Å². The van der Waals surface area contributed by atoms with Gasteiger partial charge in [0.25, 0.3) is 11.7 Å². The highest BCUT2D eigenvalue weighted by molar-refractivity contribution is 6.52. The zero-order valence-electron chi connectivity index (χ0n) is 18.9. The summed E-state index contributed by atoms with van der Waals surface area (Å²) in [7, 11) is 1.50. The van der Waals surface area contributed by atoms with Gasteiger partial charge in [0, 0.05) is 10.6 Å². The number of ether oxygens (including phenoxy) is 2. The first-order valence-corrected chi connectivity index (χ1v) is 11.0. The Morgan fingerprint density at radius 3 is 2.34 bits per heavy atom. The number of hydrogen-bond acceptors (Lipinski definition) is 7. The van der Waals surface area contributed by atoms with Crippen LogP contribution in [0.5, 0.6) is 23.0 Å². The molecule has 35 heavy (non-hydrogen) atoms. The van der Waals surface area contributed by atoms with Gasteiger partial charge in [-0.2, -0.15) is 0 Å². The van der Waals surface area contributed by atoms with Crippen molar-refractivity contribution in [1.29, 1.82) is 0 Å². The fraction of sp³-hybridized carbons (Fsp3) is 0.154. The van der Waals surface area contributed by atoms with Gasteiger partial charge in [0.05, 0.1) is 31.0 Å². The van der Waals surface area contributed by atoms with E-state index in [2.05, 4.69) is 0 Å². The number of carbonyl (C=O) groups is 2. The van der Waals surface area contributed by atoms with Crippen molar-refractivity contribution in [1.82, 2.24) is 0 Å². The van der Waals surface area contributed by atoms with Crippen molar-refractivity contribution in [2.24, 2.45) is 0 Å². The van der Waals surface area contributed by atoms with Crippen LogP contribution in [0, 0.1) is 0 Å². The second-order valence-electron chi connectivity index (χ2n) is 7.69. The van der Waals surface area contributed by atoms with E-state index < -0.39 is 23.5 Å². The summed E-state index contributed by atoms with van der Waals surface area (Å²) in [5, 5.41) is 32.1. The number of ketones is 1. The van der Waals surface area contributed by atoms with Crippen molar-refractivity contribution < 1.29 is 34.4 Å². The number of aliphatic hydroxyl groups is 1. The molecule has 4 rings (SSSR count). The first-order chi connectivity index (χ1) is 16.8. The fourth-order valence-electron chi connectivity index (χ4n) is 3.96. The molecule has 0 spiro atoms. The van der Waals surface area contributed by atoms with Crippen LogP contribution in [0.1, 0.15) is 24.1 Å². The topological polar surface area (TPSA) is 117 Å². The standard InChI is InChI=1S/C26H22ClNO7/c1-3-35-21-12-15(6-10-20(21)30)23-22(24(31)14-4-8-17(34-2)9-5-14)25(32)26(33)28(23)18-13-16(27)7-11-19(18)29/h4-13,23,29-31H,3H2,1-2H3/b24-22+. The first kappa shape index (κ1) is 24.0. The smallest absolute Gasteiger partial charge is 0.300 e. The molecule has 0 bridgehead atoms. The number of anilines is 1. The van der Waals surface area contributed by atoms with Gasteiger partial charge in [-0.3, -0.25) is 14.5 Å². The van der Waals surface area contributed by atoms with Crippen molar-refractivity contribution in [3.8, 4) is 23.0 Å². The number of rotatable bonds is 6. The molecule has 9 heteroatoms. The summed E-state index contributed by atoms with van der Waals surface area (Å²) >= 11 is 6.12. The van der Waals surface area contributed by atoms with E-state index in [9.17, 15) is 24.9 Å². The summed E-state index contributed by atoms with van der Waals surface area (Å²) in [5.74, 6) is -2.06. The number of benzene rings is 3. The largest absolute Gasteiger partial charge is 0.507 e. The van der Waals surface area contributed by atoms with Crippen LogP contribution < -0.4 is 14.4 Å². The number of nitrogens with zero attached hydrogens (tertiary/aromatic N) is 1. The monoisotopic (exact) mass is 495 g/mol. The van der Waals surface area contributed by atoms with Crippen LogP contribution in [0.25, 0.3) is 5.76 Å². The Labute approximate surface area is 206 Å². The van der Waals surface area contributed by atoms with E-state index in [4.69, 9.17) is 21.1 Å².